The lowest BCUT2D eigenvalue weighted by molar-refractivity contribution is -0.124. The number of carbonyl (C=O) groups excluding carboxylic acids is 1. The fourth-order valence-electron chi connectivity index (χ4n) is 3.55. The van der Waals surface area contributed by atoms with E-state index in [9.17, 15) is 15.0 Å². The van der Waals surface area contributed by atoms with E-state index in [0.29, 0.717) is 29.2 Å². The van der Waals surface area contributed by atoms with Crippen molar-refractivity contribution in [2.24, 2.45) is 5.92 Å². The van der Waals surface area contributed by atoms with Crippen molar-refractivity contribution in [2.45, 2.75) is 31.6 Å². The highest BCUT2D eigenvalue weighted by Crippen LogP contribution is 2.37. The maximum absolute atomic E-state index is 11.8. The Morgan fingerprint density at radius 1 is 1.32 bits per heavy atom. The van der Waals surface area contributed by atoms with Gasteiger partial charge in [-0.3, -0.25) is 4.79 Å². The van der Waals surface area contributed by atoms with Crippen molar-refractivity contribution >= 4 is 34.1 Å². The summed E-state index contributed by atoms with van der Waals surface area (Å²) < 4.78 is 1.70. The van der Waals surface area contributed by atoms with Crippen LogP contribution in [0.3, 0.4) is 0 Å². The number of imidazole rings is 1. The molecule has 0 amide bonds. The van der Waals surface area contributed by atoms with E-state index in [4.69, 9.17) is 0 Å². The van der Waals surface area contributed by atoms with Crippen LogP contribution in [-0.2, 0) is 4.79 Å². The summed E-state index contributed by atoms with van der Waals surface area (Å²) in [5.41, 5.74) is 1.03. The summed E-state index contributed by atoms with van der Waals surface area (Å²) in [7, 11) is 1.73. The lowest BCUT2D eigenvalue weighted by Crippen LogP contribution is -2.31. The summed E-state index contributed by atoms with van der Waals surface area (Å²) in [5, 5.41) is 25.7. The van der Waals surface area contributed by atoms with E-state index in [2.05, 4.69) is 32.1 Å². The van der Waals surface area contributed by atoms with Crippen LogP contribution < -0.4 is 5.32 Å². The Morgan fingerprint density at radius 2 is 2.14 bits per heavy atom. The van der Waals surface area contributed by atoms with E-state index < -0.39 is 24.2 Å². The number of ketones is 1. The molecule has 9 heteroatoms. The molecule has 0 spiro atoms. The molecule has 0 radical (unpaired) electrons. The van der Waals surface area contributed by atoms with Crippen LogP contribution in [0.2, 0.25) is 0 Å². The van der Waals surface area contributed by atoms with Crippen molar-refractivity contribution in [3.05, 3.63) is 34.5 Å². The molecular weight excluding hydrogens is 378 g/mol. The smallest absolute Gasteiger partial charge is 0.209 e. The molecule has 8 nitrogen and oxygen atoms in total. The number of thiophene rings is 1. The Labute approximate surface area is 165 Å². The van der Waals surface area contributed by atoms with Crippen LogP contribution >= 0.6 is 11.3 Å². The van der Waals surface area contributed by atoms with E-state index in [1.54, 1.807) is 17.9 Å². The van der Waals surface area contributed by atoms with Gasteiger partial charge in [0.05, 0.1) is 23.4 Å². The summed E-state index contributed by atoms with van der Waals surface area (Å²) in [6.45, 7) is 1.43. The van der Waals surface area contributed by atoms with Gasteiger partial charge in [-0.2, -0.15) is 0 Å². The topological polar surface area (TPSA) is 113 Å². The number of nitrogens with zero attached hydrogens (tertiary/aromatic N) is 4. The van der Waals surface area contributed by atoms with Gasteiger partial charge in [0.15, 0.2) is 17.0 Å². The Bertz CT molecular complexity index is 1080. The van der Waals surface area contributed by atoms with Gasteiger partial charge in [0, 0.05) is 13.0 Å². The van der Waals surface area contributed by atoms with Gasteiger partial charge >= 0.3 is 0 Å². The molecule has 0 aliphatic heterocycles. The molecule has 0 aromatic carbocycles. The highest BCUT2D eigenvalue weighted by Gasteiger charge is 2.45. The monoisotopic (exact) mass is 397 g/mol. The molecule has 3 aromatic rings. The molecule has 1 unspecified atom stereocenters. The first-order valence-electron chi connectivity index (χ1n) is 8.84. The van der Waals surface area contributed by atoms with Gasteiger partial charge in [-0.15, -0.1) is 11.3 Å². The zero-order valence-corrected chi connectivity index (χ0v) is 16.1. The lowest BCUT2D eigenvalue weighted by Gasteiger charge is -2.18. The summed E-state index contributed by atoms with van der Waals surface area (Å²) >= 11 is 1.53. The number of nitrogens with one attached hydrogen (secondary N) is 1. The maximum Gasteiger partial charge on any atom is 0.209 e. The number of hydrogen-bond donors (Lipinski definition) is 3. The molecule has 4 atom stereocenters. The normalized spacial score (nSPS) is 24.1. The first-order valence-corrected chi connectivity index (χ1v) is 9.72. The third-order valence-electron chi connectivity index (χ3n) is 5.01. The van der Waals surface area contributed by atoms with E-state index in [1.807, 2.05) is 17.5 Å². The number of Topliss-reactive ketones (excluding diaryl/α,β-unsaturated/α-hetero) is 1. The predicted octanol–water partition coefficient (Wildman–Crippen LogP) is 1.20. The second-order valence-electron chi connectivity index (χ2n) is 6.70. The largest absolute Gasteiger partial charge is 0.390 e. The third-order valence-corrected chi connectivity index (χ3v) is 5.79. The molecule has 3 aromatic heterocycles. The van der Waals surface area contributed by atoms with E-state index in [1.165, 1.54) is 18.3 Å². The van der Waals surface area contributed by atoms with E-state index in [-0.39, 0.29) is 5.78 Å². The molecule has 144 valence electrons. The highest BCUT2D eigenvalue weighted by molar-refractivity contribution is 7.10. The van der Waals surface area contributed by atoms with Crippen LogP contribution in [0.4, 0.5) is 5.82 Å². The minimum atomic E-state index is -1.11. The van der Waals surface area contributed by atoms with Crippen molar-refractivity contribution in [1.82, 2.24) is 19.5 Å². The van der Waals surface area contributed by atoms with Crippen LogP contribution in [0.5, 0.6) is 0 Å². The Kier molecular flexibility index (Phi) is 4.85. The highest BCUT2D eigenvalue weighted by atomic mass is 32.1. The molecular formula is C19H19N5O3S. The first-order chi connectivity index (χ1) is 13.5. The number of fused-ring (bicyclic) bond motifs is 1. The molecule has 4 rings (SSSR count). The van der Waals surface area contributed by atoms with Gasteiger partial charge in [0.25, 0.3) is 0 Å². The second kappa shape index (κ2) is 7.31. The van der Waals surface area contributed by atoms with Crippen LogP contribution in [0.1, 0.15) is 30.1 Å². The fraction of sp³-hybridized carbons (Fsp3) is 0.368. The minimum absolute atomic E-state index is 0.147. The van der Waals surface area contributed by atoms with Gasteiger partial charge in [-0.1, -0.05) is 6.07 Å². The molecule has 1 aliphatic rings. The van der Waals surface area contributed by atoms with Crippen molar-refractivity contribution < 1.29 is 15.0 Å². The summed E-state index contributed by atoms with van der Waals surface area (Å²) in [4.78, 5) is 26.0. The molecule has 0 bridgehead atoms. The van der Waals surface area contributed by atoms with Crippen LogP contribution in [0.15, 0.2) is 23.8 Å². The van der Waals surface area contributed by atoms with Gasteiger partial charge < -0.3 is 20.1 Å². The lowest BCUT2D eigenvalue weighted by atomic mass is 10.0. The van der Waals surface area contributed by atoms with Crippen LogP contribution in [-0.4, -0.2) is 54.8 Å². The Hall–Kier alpha value is -2.80. The molecule has 28 heavy (non-hydrogen) atoms. The number of aliphatic hydroxyl groups excluding tert-OH is 2. The predicted molar refractivity (Wildman–Crippen MR) is 105 cm³/mol. The maximum atomic E-state index is 11.8. The summed E-state index contributed by atoms with van der Waals surface area (Å²) in [6, 6.07) is 3.33. The SMILES string of the molecule is CNc1nc(C#Cc2cccs2)nc2c1ncn2[C@@H]1C[C@H](C(C)=O)C(O)[C@H]1O. The number of aromatic nitrogens is 4. The molecule has 1 aliphatic carbocycles. The van der Waals surface area contributed by atoms with Gasteiger partial charge in [-0.05, 0) is 36.6 Å². The quantitative estimate of drug-likeness (QED) is 0.569. The zero-order valence-electron chi connectivity index (χ0n) is 15.3. The van der Waals surface area contributed by atoms with Crippen LogP contribution in [0, 0.1) is 17.8 Å². The molecule has 3 heterocycles. The molecule has 3 N–H and O–H groups in total. The zero-order chi connectivity index (χ0) is 19.8. The molecule has 1 fully saturated rings. The van der Waals surface area contributed by atoms with Gasteiger partial charge in [0.2, 0.25) is 5.82 Å². The van der Waals surface area contributed by atoms with Crippen molar-refractivity contribution in [3.63, 3.8) is 0 Å². The fourth-order valence-corrected chi connectivity index (χ4v) is 4.12. The number of aliphatic hydroxyl groups is 2. The van der Waals surface area contributed by atoms with Gasteiger partial charge in [-0.25, -0.2) is 15.0 Å². The van der Waals surface area contributed by atoms with E-state index in [0.717, 1.165) is 4.88 Å². The van der Waals surface area contributed by atoms with E-state index >= 15 is 0 Å². The van der Waals surface area contributed by atoms with Crippen molar-refractivity contribution in [1.29, 1.82) is 0 Å². The number of hydrogen-bond acceptors (Lipinski definition) is 8. The standard InChI is InChI=1S/C19H19N5O3S/c1-10(25)12-8-13(17(27)16(12)26)24-9-21-15-18(20-2)22-14(23-19(15)24)6-5-11-4-3-7-28-11/h3-4,7,9,12-13,16-17,26-27H,8H2,1-2H3,(H,20,22,23)/t12-,13-,16?,17+/m1/s1. The average Bonchev–Trinajstić information content (AvgIpc) is 3.40. The van der Waals surface area contributed by atoms with Crippen molar-refractivity contribution in [3.8, 4) is 11.8 Å². The Morgan fingerprint density at radius 3 is 2.79 bits per heavy atom. The second-order valence-corrected chi connectivity index (χ2v) is 7.65. The molecule has 1 saturated carbocycles. The molecule has 0 saturated heterocycles. The Balaban J connectivity index is 1.78. The average molecular weight is 397 g/mol. The first kappa shape index (κ1) is 18.6. The summed E-state index contributed by atoms with van der Waals surface area (Å²) in [6.07, 6.45) is -0.318. The van der Waals surface area contributed by atoms with Crippen molar-refractivity contribution in [2.75, 3.05) is 12.4 Å². The number of carbonyl (C=O) groups is 1. The third kappa shape index (κ3) is 3.16. The van der Waals surface area contributed by atoms with Gasteiger partial charge in [0.1, 0.15) is 11.9 Å². The summed E-state index contributed by atoms with van der Waals surface area (Å²) in [5.74, 6) is 6.08. The number of rotatable bonds is 3. The van der Waals surface area contributed by atoms with Crippen LogP contribution in [0.25, 0.3) is 11.2 Å². The number of anilines is 1. The minimum Gasteiger partial charge on any atom is -0.390 e.